The third kappa shape index (κ3) is 3.55. The van der Waals surface area contributed by atoms with Crippen molar-refractivity contribution < 1.29 is 9.59 Å². The van der Waals surface area contributed by atoms with E-state index < -0.39 is 4.16 Å². The molecule has 0 radical (unpaired) electrons. The maximum Gasteiger partial charge on any atom is 0.270 e. The van der Waals surface area contributed by atoms with Crippen LogP contribution in [0.4, 0.5) is 5.00 Å². The van der Waals surface area contributed by atoms with Gasteiger partial charge in [0.15, 0.2) is 0 Å². The van der Waals surface area contributed by atoms with Crippen LogP contribution in [0.2, 0.25) is 0 Å². The normalized spacial score (nSPS) is 17.0. The molecule has 2 amide bonds. The van der Waals surface area contributed by atoms with Gasteiger partial charge in [-0.05, 0) is 11.4 Å². The lowest BCUT2D eigenvalue weighted by molar-refractivity contribution is -0.115. The molecule has 23 heavy (non-hydrogen) atoms. The SMILES string of the molecule is N#Cc1c(-c2cccs2)csc1NC(=O)CC1=NC(=O)C(Br)S1. The van der Waals surface area contributed by atoms with Crippen LogP contribution in [-0.4, -0.2) is 21.0 Å². The van der Waals surface area contributed by atoms with Gasteiger partial charge >= 0.3 is 0 Å². The van der Waals surface area contributed by atoms with Gasteiger partial charge in [0.25, 0.3) is 5.91 Å². The van der Waals surface area contributed by atoms with Crippen LogP contribution in [0.5, 0.6) is 0 Å². The summed E-state index contributed by atoms with van der Waals surface area (Å²) in [6.07, 6.45) is 0.0234. The van der Waals surface area contributed by atoms with E-state index in [4.69, 9.17) is 0 Å². The number of hydrogen-bond acceptors (Lipinski definition) is 6. The second kappa shape index (κ2) is 6.97. The second-order valence-corrected chi connectivity index (χ2v) is 8.97. The molecule has 2 aromatic rings. The van der Waals surface area contributed by atoms with Gasteiger partial charge in [0.2, 0.25) is 5.91 Å². The number of carbonyl (C=O) groups excluding carboxylic acids is 2. The Hall–Kier alpha value is -1.47. The minimum absolute atomic E-state index is 0.0234. The van der Waals surface area contributed by atoms with Gasteiger partial charge < -0.3 is 5.32 Å². The van der Waals surface area contributed by atoms with Crippen LogP contribution in [0.1, 0.15) is 12.0 Å². The summed E-state index contributed by atoms with van der Waals surface area (Å²) < 4.78 is -0.410. The van der Waals surface area contributed by atoms with Gasteiger partial charge in [0.05, 0.1) is 17.0 Å². The molecule has 1 aliphatic heterocycles. The predicted octanol–water partition coefficient (Wildman–Crippen LogP) is 4.07. The van der Waals surface area contributed by atoms with Gasteiger partial charge in [-0.25, -0.2) is 4.99 Å². The van der Waals surface area contributed by atoms with E-state index in [1.807, 2.05) is 22.9 Å². The monoisotopic (exact) mass is 425 g/mol. The minimum atomic E-state index is -0.410. The van der Waals surface area contributed by atoms with E-state index in [1.54, 1.807) is 11.3 Å². The van der Waals surface area contributed by atoms with E-state index in [-0.39, 0.29) is 18.2 Å². The highest BCUT2D eigenvalue weighted by Crippen LogP contribution is 2.37. The zero-order valence-corrected chi connectivity index (χ0v) is 15.4. The van der Waals surface area contributed by atoms with Crippen molar-refractivity contribution in [3.05, 3.63) is 28.5 Å². The number of nitrogens with one attached hydrogen (secondary N) is 1. The summed E-state index contributed by atoms with van der Waals surface area (Å²) in [5, 5.41) is 16.9. The molecule has 1 atom stereocenters. The Morgan fingerprint density at radius 2 is 2.30 bits per heavy atom. The molecule has 0 fully saturated rings. The summed E-state index contributed by atoms with van der Waals surface area (Å²) in [5.41, 5.74) is 1.28. The van der Waals surface area contributed by atoms with E-state index in [0.29, 0.717) is 15.6 Å². The van der Waals surface area contributed by atoms with Gasteiger partial charge in [-0.2, -0.15) is 5.26 Å². The maximum absolute atomic E-state index is 12.1. The number of rotatable bonds is 4. The molecular formula is C14H8BrN3O2S3. The van der Waals surface area contributed by atoms with Crippen molar-refractivity contribution in [2.45, 2.75) is 10.6 Å². The summed E-state index contributed by atoms with van der Waals surface area (Å²) >= 11 is 7.26. The Labute approximate surface area is 152 Å². The highest BCUT2D eigenvalue weighted by molar-refractivity contribution is 9.12. The summed E-state index contributed by atoms with van der Waals surface area (Å²) in [6.45, 7) is 0. The molecule has 2 aromatic heterocycles. The third-order valence-electron chi connectivity index (χ3n) is 2.92. The van der Waals surface area contributed by atoms with Crippen molar-refractivity contribution in [3.8, 4) is 16.5 Å². The standard InChI is InChI=1S/C14H8BrN3O2S3/c15-12-13(20)18-11(23-12)4-10(19)17-14-7(5-16)8(6-22-14)9-2-1-3-21-9/h1-3,6,12H,4H2,(H,17,19). The van der Waals surface area contributed by atoms with Gasteiger partial charge in [-0.15, -0.1) is 22.7 Å². The first kappa shape index (κ1) is 16.4. The second-order valence-electron chi connectivity index (χ2n) is 4.45. The Morgan fingerprint density at radius 1 is 1.48 bits per heavy atom. The molecule has 3 rings (SSSR count). The Morgan fingerprint density at radius 3 is 2.91 bits per heavy atom. The fourth-order valence-corrected chi connectivity index (χ4v) is 5.18. The first-order chi connectivity index (χ1) is 11.1. The van der Waals surface area contributed by atoms with Crippen molar-refractivity contribution in [2.75, 3.05) is 5.32 Å². The fourth-order valence-electron chi connectivity index (χ4n) is 1.93. The molecule has 1 N–H and O–H groups in total. The molecule has 116 valence electrons. The number of thioether (sulfide) groups is 1. The smallest absolute Gasteiger partial charge is 0.270 e. The van der Waals surface area contributed by atoms with Crippen molar-refractivity contribution in [2.24, 2.45) is 4.99 Å². The van der Waals surface area contributed by atoms with Gasteiger partial charge in [-0.1, -0.05) is 33.8 Å². The molecule has 0 spiro atoms. The number of carbonyl (C=O) groups is 2. The van der Waals surface area contributed by atoms with Gasteiger partial charge in [0.1, 0.15) is 15.2 Å². The molecule has 5 nitrogen and oxygen atoms in total. The molecule has 0 aliphatic carbocycles. The average Bonchev–Trinajstić information content (AvgIpc) is 3.20. The van der Waals surface area contributed by atoms with Crippen LogP contribution >= 0.6 is 50.4 Å². The number of thiophene rings is 2. The van der Waals surface area contributed by atoms with E-state index in [9.17, 15) is 14.9 Å². The van der Waals surface area contributed by atoms with Crippen molar-refractivity contribution in [3.63, 3.8) is 0 Å². The largest absolute Gasteiger partial charge is 0.316 e. The summed E-state index contributed by atoms with van der Waals surface area (Å²) in [5.74, 6) is -0.576. The van der Waals surface area contributed by atoms with E-state index in [0.717, 1.165) is 10.4 Å². The highest BCUT2D eigenvalue weighted by Gasteiger charge is 2.27. The van der Waals surface area contributed by atoms with Crippen LogP contribution < -0.4 is 5.32 Å². The van der Waals surface area contributed by atoms with Crippen molar-refractivity contribution in [1.29, 1.82) is 5.26 Å². The average molecular weight is 426 g/mol. The first-order valence-corrected chi connectivity index (χ1v) is 9.91. The molecular weight excluding hydrogens is 418 g/mol. The third-order valence-corrected chi connectivity index (χ3v) is 6.59. The summed E-state index contributed by atoms with van der Waals surface area (Å²) in [4.78, 5) is 28.2. The number of alkyl halides is 1. The topological polar surface area (TPSA) is 82.3 Å². The van der Waals surface area contributed by atoms with Crippen molar-refractivity contribution >= 4 is 72.2 Å². The molecule has 0 saturated heterocycles. The number of nitrogens with zero attached hydrogens (tertiary/aromatic N) is 2. The zero-order chi connectivity index (χ0) is 16.4. The molecule has 0 bridgehead atoms. The van der Waals surface area contributed by atoms with Gasteiger partial charge in [-0.3, -0.25) is 9.59 Å². The van der Waals surface area contributed by atoms with E-state index in [2.05, 4.69) is 32.3 Å². The zero-order valence-electron chi connectivity index (χ0n) is 11.4. The highest BCUT2D eigenvalue weighted by atomic mass is 79.9. The number of amides is 2. The number of halogens is 1. The molecule has 0 aromatic carbocycles. The van der Waals surface area contributed by atoms with Crippen LogP contribution in [-0.2, 0) is 9.59 Å². The predicted molar refractivity (Wildman–Crippen MR) is 98.3 cm³/mol. The number of nitriles is 1. The number of anilines is 1. The van der Waals surface area contributed by atoms with E-state index in [1.165, 1.54) is 23.1 Å². The summed E-state index contributed by atoms with van der Waals surface area (Å²) in [7, 11) is 0. The number of aliphatic imine (C=N–C) groups is 1. The van der Waals surface area contributed by atoms with Crippen LogP contribution in [0.15, 0.2) is 27.9 Å². The van der Waals surface area contributed by atoms with Crippen molar-refractivity contribution in [1.82, 2.24) is 0 Å². The maximum atomic E-state index is 12.1. The Bertz CT molecular complexity index is 836. The quantitative estimate of drug-likeness (QED) is 0.748. The lowest BCUT2D eigenvalue weighted by Gasteiger charge is -2.03. The molecule has 3 heterocycles. The lowest BCUT2D eigenvalue weighted by atomic mass is 10.1. The molecule has 0 saturated carbocycles. The first-order valence-electron chi connectivity index (χ1n) is 6.36. The van der Waals surface area contributed by atoms with E-state index >= 15 is 0 Å². The lowest BCUT2D eigenvalue weighted by Crippen LogP contribution is -2.14. The van der Waals surface area contributed by atoms with Crippen LogP contribution in [0, 0.1) is 11.3 Å². The Balaban J connectivity index is 1.74. The van der Waals surface area contributed by atoms with Crippen LogP contribution in [0.25, 0.3) is 10.4 Å². The van der Waals surface area contributed by atoms with Crippen LogP contribution in [0.3, 0.4) is 0 Å². The van der Waals surface area contributed by atoms with Gasteiger partial charge in [0, 0.05) is 15.8 Å². The minimum Gasteiger partial charge on any atom is -0.316 e. The fraction of sp³-hybridized carbons (Fsp3) is 0.143. The summed E-state index contributed by atoms with van der Waals surface area (Å²) in [6, 6.07) is 6.00. The molecule has 1 unspecified atom stereocenters. The number of hydrogen-bond donors (Lipinski definition) is 1. The molecule has 9 heteroatoms. The Kier molecular flexibility index (Phi) is 4.96. The molecule has 1 aliphatic rings.